The molecule has 7 aromatic carbocycles. The van der Waals surface area contributed by atoms with Gasteiger partial charge in [0.2, 0.25) is 0 Å². The second-order valence-corrected chi connectivity index (χ2v) is 21.1. The van der Waals surface area contributed by atoms with E-state index in [2.05, 4.69) is 0 Å². The van der Waals surface area contributed by atoms with E-state index >= 15 is 0 Å². The van der Waals surface area contributed by atoms with Crippen molar-refractivity contribution in [1.82, 2.24) is 0 Å². The molecule has 2 amide bonds. The van der Waals surface area contributed by atoms with E-state index in [0.717, 1.165) is 9.40 Å². The molecule has 0 atom stereocenters. The third-order valence-corrected chi connectivity index (χ3v) is 16.6. The van der Waals surface area contributed by atoms with Gasteiger partial charge < -0.3 is 37.9 Å². The van der Waals surface area contributed by atoms with Crippen molar-refractivity contribution in [3.8, 4) is 34.5 Å². The second kappa shape index (κ2) is 21.1. The zero-order chi connectivity index (χ0) is 58.0. The van der Waals surface area contributed by atoms with Crippen LogP contribution in [0.15, 0.2) is 114 Å². The van der Waals surface area contributed by atoms with Crippen LogP contribution >= 0.6 is 11.3 Å². The summed E-state index contributed by atoms with van der Waals surface area (Å²) in [4.78, 5) is 96.7. The van der Waals surface area contributed by atoms with Gasteiger partial charge in [0.05, 0.1) is 78.5 Å². The van der Waals surface area contributed by atoms with Gasteiger partial charge in [-0.25, -0.2) is 14.4 Å². The van der Waals surface area contributed by atoms with Crippen molar-refractivity contribution in [1.29, 1.82) is 0 Å². The van der Waals surface area contributed by atoms with Crippen molar-refractivity contribution >= 4 is 78.2 Å². The van der Waals surface area contributed by atoms with Crippen molar-refractivity contribution in [3.63, 3.8) is 0 Å². The number of anilines is 2. The average Bonchev–Trinajstić information content (AvgIpc) is 2.03. The molecule has 12 rings (SSSR count). The molecule has 21 nitrogen and oxygen atoms in total. The van der Waals surface area contributed by atoms with Crippen molar-refractivity contribution in [3.05, 3.63) is 195 Å². The van der Waals surface area contributed by atoms with Crippen LogP contribution in [-0.2, 0) is 52.3 Å². The predicted molar refractivity (Wildman–Crippen MR) is 302 cm³/mol. The van der Waals surface area contributed by atoms with Gasteiger partial charge in [-0.2, -0.15) is 0 Å². The standard InChI is InChI=1S/C61H48N4O17S/c1-75-51-24-36(46(64(71)72)28-53(51)77-3)30-79-59(69)62-17-7-9-33-22-42-49(26-44(33)62)81-50-27-45-34(10-8-18-63(45)60(70)80-31-37-25-52(76-2)54(78-4)29-47(37)65(73)74)23-43(50)61(42)41-15-14-35(21-39(41)58(68)82-61)48(66)20-32-13-16-56-40(19-32)57(67)38-11-5-6-12-55(38)83-56/h5-6,11-16,19,21-29H,7-10,17-18,20,30-31H2,1-4H3. The number of fused-ring (bicyclic) bond motifs is 10. The molecule has 0 aliphatic carbocycles. The van der Waals surface area contributed by atoms with Crippen LogP contribution in [0.3, 0.4) is 0 Å². The van der Waals surface area contributed by atoms with E-state index < -0.39 is 46.8 Å². The first-order valence-electron chi connectivity index (χ1n) is 26.2. The lowest BCUT2D eigenvalue weighted by Gasteiger charge is -2.40. The van der Waals surface area contributed by atoms with Gasteiger partial charge in [0.15, 0.2) is 39.8 Å². The number of rotatable bonds is 13. The van der Waals surface area contributed by atoms with Gasteiger partial charge in [-0.3, -0.25) is 39.6 Å². The summed E-state index contributed by atoms with van der Waals surface area (Å²) in [5, 5.41) is 25.4. The molecule has 5 heterocycles. The number of ketones is 1. The lowest BCUT2D eigenvalue weighted by molar-refractivity contribution is -0.386. The largest absolute Gasteiger partial charge is 0.493 e. The Hall–Kier alpha value is -10.1. The highest BCUT2D eigenvalue weighted by molar-refractivity contribution is 7.24. The van der Waals surface area contributed by atoms with Crippen LogP contribution in [0.1, 0.15) is 78.1 Å². The second-order valence-electron chi connectivity index (χ2n) is 20.1. The molecular formula is C61H48N4O17S. The topological polar surface area (TPSA) is 252 Å². The molecule has 1 aromatic heterocycles. The number of esters is 1. The number of methoxy groups -OCH3 is 4. The quantitative estimate of drug-likeness (QED) is 0.0260. The van der Waals surface area contributed by atoms with E-state index in [0.29, 0.717) is 81.2 Å². The number of nitro benzene ring substituents is 2. The zero-order valence-electron chi connectivity index (χ0n) is 44.9. The molecule has 0 bridgehead atoms. The molecule has 1 spiro atoms. The molecule has 0 radical (unpaired) electrons. The summed E-state index contributed by atoms with van der Waals surface area (Å²) in [7, 11) is 5.44. The third kappa shape index (κ3) is 9.16. The molecule has 0 N–H and O–H groups in total. The summed E-state index contributed by atoms with van der Waals surface area (Å²) in [6, 6.07) is 29.6. The van der Waals surface area contributed by atoms with Crippen molar-refractivity contribution < 1.29 is 66.9 Å². The first kappa shape index (κ1) is 53.5. The number of carbonyl (C=O) groups excluding carboxylic acids is 4. The number of carbonyl (C=O) groups is 4. The highest BCUT2D eigenvalue weighted by Crippen LogP contribution is 2.59. The third-order valence-electron chi connectivity index (χ3n) is 15.5. The summed E-state index contributed by atoms with van der Waals surface area (Å²) >= 11 is 1.49. The van der Waals surface area contributed by atoms with Gasteiger partial charge in [0.1, 0.15) is 24.7 Å². The van der Waals surface area contributed by atoms with E-state index in [-0.39, 0.29) is 98.8 Å². The van der Waals surface area contributed by atoms with E-state index in [4.69, 9.17) is 37.9 Å². The van der Waals surface area contributed by atoms with Crippen LogP contribution in [-0.4, -0.2) is 75.3 Å². The molecule has 0 unspecified atom stereocenters. The van der Waals surface area contributed by atoms with Gasteiger partial charge in [-0.15, -0.1) is 11.3 Å². The Balaban J connectivity index is 0.918. The maximum Gasteiger partial charge on any atom is 0.414 e. The van der Waals surface area contributed by atoms with Crippen LogP contribution in [0.4, 0.5) is 32.3 Å². The summed E-state index contributed by atoms with van der Waals surface area (Å²) in [5.74, 6) is -0.0853. The fourth-order valence-electron chi connectivity index (χ4n) is 11.5. The highest BCUT2D eigenvalue weighted by Gasteiger charge is 2.55. The molecule has 0 saturated heterocycles. The maximum atomic E-state index is 14.6. The van der Waals surface area contributed by atoms with Crippen LogP contribution in [0.25, 0.3) is 20.2 Å². The molecule has 0 saturated carbocycles. The van der Waals surface area contributed by atoms with Crippen LogP contribution in [0.2, 0.25) is 0 Å². The molecular weight excluding hydrogens is 1090 g/mol. The van der Waals surface area contributed by atoms with E-state index in [9.17, 15) is 44.2 Å². The Morgan fingerprint density at radius 2 is 1.14 bits per heavy atom. The maximum absolute atomic E-state index is 14.6. The number of Topliss-reactive ketones (excluding diaryl/α,β-unsaturated/α-hetero) is 1. The first-order chi connectivity index (χ1) is 40.1. The number of hydrogen-bond donors (Lipinski definition) is 0. The summed E-state index contributed by atoms with van der Waals surface area (Å²) in [6.45, 7) is -0.596. The number of aryl methyl sites for hydroxylation is 2. The van der Waals surface area contributed by atoms with Crippen molar-refractivity contribution in [2.24, 2.45) is 0 Å². The van der Waals surface area contributed by atoms with Crippen LogP contribution in [0.5, 0.6) is 34.5 Å². The smallest absolute Gasteiger partial charge is 0.414 e. The molecule has 0 fully saturated rings. The van der Waals surface area contributed by atoms with E-state index in [1.54, 1.807) is 36.4 Å². The van der Waals surface area contributed by atoms with Gasteiger partial charge in [0.25, 0.3) is 11.4 Å². The lowest BCUT2D eigenvalue weighted by atomic mass is 9.75. The van der Waals surface area contributed by atoms with Gasteiger partial charge >= 0.3 is 18.2 Å². The minimum atomic E-state index is -1.71. The monoisotopic (exact) mass is 1140 g/mol. The molecule has 4 aliphatic heterocycles. The number of nitrogens with zero attached hydrogens (tertiary/aromatic N) is 4. The summed E-state index contributed by atoms with van der Waals surface area (Å²) in [5.41, 5.74) is 1.86. The number of benzene rings is 7. The first-order valence-corrected chi connectivity index (χ1v) is 27.0. The fraction of sp³-hybridized carbons (Fsp3) is 0.230. The van der Waals surface area contributed by atoms with Gasteiger partial charge in [0, 0.05) is 74.1 Å². The van der Waals surface area contributed by atoms with Crippen LogP contribution < -0.4 is 38.9 Å². The van der Waals surface area contributed by atoms with Crippen LogP contribution in [0, 0.1) is 20.2 Å². The number of hydrogen-bond acceptors (Lipinski definition) is 18. The molecule has 8 aromatic rings. The predicted octanol–water partition coefficient (Wildman–Crippen LogP) is 11.4. The number of amides is 2. The number of nitro groups is 2. The van der Waals surface area contributed by atoms with Crippen molar-refractivity contribution in [2.45, 2.75) is 50.9 Å². The van der Waals surface area contributed by atoms with E-state index in [1.807, 2.05) is 42.5 Å². The Bertz CT molecular complexity index is 4040. The minimum absolute atomic E-state index is 0.0569. The molecule has 22 heteroatoms. The van der Waals surface area contributed by atoms with E-state index in [1.165, 1.54) is 79.9 Å². The average molecular weight is 1140 g/mol. The van der Waals surface area contributed by atoms with Gasteiger partial charge in [-0.1, -0.05) is 30.3 Å². The Labute approximate surface area is 475 Å². The summed E-state index contributed by atoms with van der Waals surface area (Å²) < 4.78 is 47.9. The number of ether oxygens (including phenoxy) is 8. The van der Waals surface area contributed by atoms with Gasteiger partial charge in [-0.05, 0) is 97.0 Å². The normalized spacial score (nSPS) is 14.3. The zero-order valence-corrected chi connectivity index (χ0v) is 45.7. The molecule has 4 aliphatic rings. The summed E-state index contributed by atoms with van der Waals surface area (Å²) in [6.07, 6.45) is 0.195. The highest BCUT2D eigenvalue weighted by atomic mass is 32.1. The van der Waals surface area contributed by atoms with Crippen molar-refractivity contribution in [2.75, 3.05) is 51.3 Å². The fourth-order valence-corrected chi connectivity index (χ4v) is 12.6. The Kier molecular flexibility index (Phi) is 13.6. The minimum Gasteiger partial charge on any atom is -0.493 e. The SMILES string of the molecule is COc1cc(COC(=O)N2CCCc3cc4c(cc32)Oc2cc3c(cc2C42OC(=O)c4cc(C(=O)Cc5ccc6sc7ccccc7c(=O)c6c5)ccc42)CCCN3C(=O)OCc2cc(OC)c(OC)cc2[N+](=O)[O-])c([N+](=O)[O-])cc1OC. The Morgan fingerprint density at radius 3 is 1.69 bits per heavy atom. The molecule has 420 valence electrons. The lowest BCUT2D eigenvalue weighted by Crippen LogP contribution is -2.38. The Morgan fingerprint density at radius 1 is 0.614 bits per heavy atom. The molecule has 83 heavy (non-hydrogen) atoms.